The van der Waals surface area contributed by atoms with E-state index in [2.05, 4.69) is 17.2 Å². The molecule has 146 valence electrons. The maximum absolute atomic E-state index is 12.1. The lowest BCUT2D eigenvalue weighted by Crippen LogP contribution is -2.12. The van der Waals surface area contributed by atoms with E-state index in [1.54, 1.807) is 6.07 Å². The van der Waals surface area contributed by atoms with Gasteiger partial charge >= 0.3 is 0 Å². The van der Waals surface area contributed by atoms with Crippen LogP contribution in [0, 0.1) is 0 Å². The molecule has 5 heteroatoms. The molecule has 0 fully saturated rings. The number of carbonyl (C=O) groups is 1. The van der Waals surface area contributed by atoms with Gasteiger partial charge < -0.3 is 15.5 Å². The van der Waals surface area contributed by atoms with Crippen molar-refractivity contribution in [2.24, 2.45) is 10.7 Å². The number of benzene rings is 3. The molecule has 1 aliphatic heterocycles. The highest BCUT2D eigenvalue weighted by Crippen LogP contribution is 2.41. The van der Waals surface area contributed by atoms with Crippen LogP contribution in [0.2, 0.25) is 0 Å². The summed E-state index contributed by atoms with van der Waals surface area (Å²) in [7, 11) is 0. The molecule has 0 saturated heterocycles. The topological polar surface area (TPSA) is 80.6 Å². The average Bonchev–Trinajstić information content (AvgIpc) is 2.72. The fraction of sp³-hybridized carbons (Fsp3) is 0.167. The van der Waals surface area contributed by atoms with Gasteiger partial charge in [0.1, 0.15) is 11.3 Å². The first kappa shape index (κ1) is 18.7. The van der Waals surface area contributed by atoms with Crippen molar-refractivity contribution in [3.8, 4) is 22.5 Å². The summed E-state index contributed by atoms with van der Waals surface area (Å²) in [5.74, 6) is 0.264. The third kappa shape index (κ3) is 3.47. The van der Waals surface area contributed by atoms with Crippen LogP contribution < -0.4 is 16.4 Å². The molecule has 0 saturated carbocycles. The van der Waals surface area contributed by atoms with Gasteiger partial charge in [-0.05, 0) is 49.7 Å². The lowest BCUT2D eigenvalue weighted by molar-refractivity contribution is 0.100. The highest BCUT2D eigenvalue weighted by molar-refractivity contribution is 6.09. The lowest BCUT2D eigenvalue weighted by atomic mass is 9.90. The van der Waals surface area contributed by atoms with Crippen molar-refractivity contribution in [1.29, 1.82) is 0 Å². The molecule has 0 aromatic heterocycles. The molecule has 2 aromatic carbocycles. The Bertz CT molecular complexity index is 1240. The fourth-order valence-corrected chi connectivity index (χ4v) is 3.68. The monoisotopic (exact) mass is 385 g/mol. The zero-order valence-electron chi connectivity index (χ0n) is 16.5. The Morgan fingerprint density at radius 1 is 1.03 bits per heavy atom. The van der Waals surface area contributed by atoms with Crippen molar-refractivity contribution >= 4 is 22.6 Å². The third-order valence-electron chi connectivity index (χ3n) is 4.89. The zero-order chi connectivity index (χ0) is 20.4. The van der Waals surface area contributed by atoms with Gasteiger partial charge in [-0.1, -0.05) is 18.2 Å². The van der Waals surface area contributed by atoms with Crippen LogP contribution in [0.5, 0.6) is 0 Å². The van der Waals surface area contributed by atoms with Gasteiger partial charge in [0, 0.05) is 53.0 Å². The summed E-state index contributed by atoms with van der Waals surface area (Å²) in [4.78, 5) is 16.6. The van der Waals surface area contributed by atoms with Gasteiger partial charge in [-0.3, -0.25) is 9.79 Å². The zero-order valence-corrected chi connectivity index (χ0v) is 16.5. The van der Waals surface area contributed by atoms with Crippen LogP contribution in [0.3, 0.4) is 0 Å². The Morgan fingerprint density at radius 2 is 1.86 bits per heavy atom. The first-order chi connectivity index (χ1) is 14.1. The minimum absolute atomic E-state index is 0.454. The van der Waals surface area contributed by atoms with Gasteiger partial charge in [-0.25, -0.2) is 0 Å². The average molecular weight is 385 g/mol. The molecule has 1 heterocycles. The van der Waals surface area contributed by atoms with Gasteiger partial charge in [0.25, 0.3) is 0 Å². The maximum Gasteiger partial charge on any atom is 0.249 e. The molecular weight excluding hydrogens is 362 g/mol. The first-order valence-corrected chi connectivity index (χ1v) is 9.76. The van der Waals surface area contributed by atoms with Crippen LogP contribution in [0.1, 0.15) is 24.2 Å². The summed E-state index contributed by atoms with van der Waals surface area (Å²) >= 11 is 0. The molecule has 3 N–H and O–H groups in total. The third-order valence-corrected chi connectivity index (χ3v) is 4.89. The van der Waals surface area contributed by atoms with E-state index in [0.717, 1.165) is 51.0 Å². The molecule has 2 aliphatic rings. The minimum Gasteiger partial charge on any atom is -0.456 e. The first-order valence-electron chi connectivity index (χ1n) is 9.76. The number of rotatable bonds is 5. The summed E-state index contributed by atoms with van der Waals surface area (Å²) in [6, 6.07) is 19.4. The highest BCUT2D eigenvalue weighted by atomic mass is 16.3. The second-order valence-electron chi connectivity index (χ2n) is 6.78. The Balaban J connectivity index is 2.13. The van der Waals surface area contributed by atoms with E-state index in [1.165, 1.54) is 0 Å². The molecule has 0 atom stereocenters. The summed E-state index contributed by atoms with van der Waals surface area (Å²) < 4.78 is 6.27. The lowest BCUT2D eigenvalue weighted by Gasteiger charge is -2.17. The predicted molar refractivity (Wildman–Crippen MR) is 117 cm³/mol. The number of nitrogens with two attached hydrogens (primary N) is 1. The number of primary amides is 1. The largest absolute Gasteiger partial charge is 0.456 e. The molecule has 0 bridgehead atoms. The molecule has 5 nitrogen and oxygen atoms in total. The smallest absolute Gasteiger partial charge is 0.249 e. The molecule has 29 heavy (non-hydrogen) atoms. The Hall–Kier alpha value is -3.60. The number of nitrogens with zero attached hydrogens (tertiary/aromatic N) is 1. The van der Waals surface area contributed by atoms with Crippen molar-refractivity contribution in [3.05, 3.63) is 71.6 Å². The fourth-order valence-electron chi connectivity index (χ4n) is 3.68. The number of amides is 1. The van der Waals surface area contributed by atoms with E-state index in [4.69, 9.17) is 10.2 Å². The normalized spacial score (nSPS) is 11.9. The summed E-state index contributed by atoms with van der Waals surface area (Å²) in [6.07, 6.45) is 0. The van der Waals surface area contributed by atoms with Crippen LogP contribution in [0.15, 0.2) is 70.1 Å². The molecule has 2 aromatic rings. The van der Waals surface area contributed by atoms with E-state index < -0.39 is 5.91 Å². The standard InChI is InChI=1S/C24H23N3O2/c1-3-26-15-9-11-19-21(13-15)29-22-14-16(27-4-2)10-12-20(22)23(19)17-7-5-6-8-18(17)24(25)28/h5-14,26H,3-4H2,1-2H3,(H2,25,28)/b27-16+. The number of carbonyl (C=O) groups excluding carboxylic acids is 1. The number of hydrogen-bond donors (Lipinski definition) is 2. The van der Waals surface area contributed by atoms with Crippen LogP contribution in [0.4, 0.5) is 5.69 Å². The molecule has 1 aliphatic carbocycles. The van der Waals surface area contributed by atoms with Gasteiger partial charge in [0.2, 0.25) is 5.91 Å². The van der Waals surface area contributed by atoms with Crippen molar-refractivity contribution in [2.75, 3.05) is 18.4 Å². The van der Waals surface area contributed by atoms with Gasteiger partial charge in [-0.15, -0.1) is 0 Å². The predicted octanol–water partition coefficient (Wildman–Crippen LogP) is 4.66. The molecule has 0 radical (unpaired) electrons. The van der Waals surface area contributed by atoms with Crippen LogP contribution in [-0.2, 0) is 0 Å². The molecule has 0 spiro atoms. The number of anilines is 1. The molecule has 0 unspecified atom stereocenters. The van der Waals surface area contributed by atoms with Gasteiger partial charge in [0.05, 0.1) is 5.36 Å². The van der Waals surface area contributed by atoms with Crippen LogP contribution in [-0.4, -0.2) is 19.0 Å². The Morgan fingerprint density at radius 3 is 2.62 bits per heavy atom. The van der Waals surface area contributed by atoms with Crippen molar-refractivity contribution in [2.45, 2.75) is 13.8 Å². The van der Waals surface area contributed by atoms with Crippen molar-refractivity contribution < 1.29 is 9.21 Å². The van der Waals surface area contributed by atoms with E-state index in [0.29, 0.717) is 12.1 Å². The van der Waals surface area contributed by atoms with E-state index in [9.17, 15) is 4.79 Å². The number of hydrogen-bond acceptors (Lipinski definition) is 4. The quantitative estimate of drug-likeness (QED) is 0.491. The Kier molecular flexibility index (Phi) is 5.04. The maximum atomic E-state index is 12.1. The SMILES string of the molecule is CC/N=c1\ccc2c(-c3ccccc3C(N)=O)c3ccc(NCC)cc3oc-2c1. The highest BCUT2D eigenvalue weighted by Gasteiger charge is 2.20. The summed E-state index contributed by atoms with van der Waals surface area (Å²) in [5.41, 5.74) is 10.5. The molecule has 1 amide bonds. The van der Waals surface area contributed by atoms with Crippen molar-refractivity contribution in [3.63, 3.8) is 0 Å². The molecule has 4 rings (SSSR count). The molecular formula is C24H23N3O2. The van der Waals surface area contributed by atoms with E-state index in [1.807, 2.05) is 61.5 Å². The number of fused-ring (bicyclic) bond motifs is 2. The minimum atomic E-state index is -0.454. The van der Waals surface area contributed by atoms with Crippen LogP contribution in [0.25, 0.3) is 33.4 Å². The number of nitrogens with one attached hydrogen (secondary N) is 1. The summed E-state index contributed by atoms with van der Waals surface area (Å²) in [5, 5.41) is 5.10. The van der Waals surface area contributed by atoms with Gasteiger partial charge in [0.15, 0.2) is 0 Å². The van der Waals surface area contributed by atoms with Crippen molar-refractivity contribution in [1.82, 2.24) is 0 Å². The second kappa shape index (κ2) is 7.80. The van der Waals surface area contributed by atoms with Crippen LogP contribution >= 0.6 is 0 Å². The second-order valence-corrected chi connectivity index (χ2v) is 6.78. The van der Waals surface area contributed by atoms with E-state index in [-0.39, 0.29) is 0 Å². The summed E-state index contributed by atoms with van der Waals surface area (Å²) in [6.45, 7) is 5.56. The van der Waals surface area contributed by atoms with E-state index >= 15 is 0 Å². The van der Waals surface area contributed by atoms with Gasteiger partial charge in [-0.2, -0.15) is 0 Å². The Labute approximate surface area is 169 Å².